The molecule has 0 bridgehead atoms. The highest BCUT2D eigenvalue weighted by molar-refractivity contribution is 9.10. The Kier molecular flexibility index (Phi) is 6.09. The van der Waals surface area contributed by atoms with Gasteiger partial charge in [0.2, 0.25) is 0 Å². The van der Waals surface area contributed by atoms with E-state index in [2.05, 4.69) is 37.5 Å². The van der Waals surface area contributed by atoms with E-state index >= 15 is 0 Å². The van der Waals surface area contributed by atoms with Crippen molar-refractivity contribution >= 4 is 21.9 Å². The van der Waals surface area contributed by atoms with E-state index in [9.17, 15) is 0 Å². The van der Waals surface area contributed by atoms with Crippen LogP contribution in [-0.4, -0.2) is 26.7 Å². The van der Waals surface area contributed by atoms with Crippen molar-refractivity contribution in [1.29, 1.82) is 0 Å². The lowest BCUT2D eigenvalue weighted by Gasteiger charge is -2.12. The van der Waals surface area contributed by atoms with Gasteiger partial charge in [-0.25, -0.2) is 0 Å². The maximum absolute atomic E-state index is 5.19. The van der Waals surface area contributed by atoms with Crippen LogP contribution in [0.5, 0.6) is 5.75 Å². The van der Waals surface area contributed by atoms with Crippen LogP contribution in [0.4, 0.5) is 0 Å². The molecule has 18 heavy (non-hydrogen) atoms. The van der Waals surface area contributed by atoms with Crippen LogP contribution in [0, 0.1) is 12.3 Å². The topological polar surface area (TPSA) is 45.7 Å². The molecule has 1 aromatic carbocycles. The van der Waals surface area contributed by atoms with E-state index in [4.69, 9.17) is 11.2 Å². The zero-order valence-corrected chi connectivity index (χ0v) is 12.0. The summed E-state index contributed by atoms with van der Waals surface area (Å²) in [6.45, 7) is 1.07. The maximum Gasteiger partial charge on any atom is 0.192 e. The van der Waals surface area contributed by atoms with Crippen LogP contribution in [0.3, 0.4) is 0 Å². The molecule has 0 radical (unpaired) electrons. The van der Waals surface area contributed by atoms with Crippen molar-refractivity contribution in [3.05, 3.63) is 28.2 Å². The molecule has 0 atom stereocenters. The molecule has 4 nitrogen and oxygen atoms in total. The maximum atomic E-state index is 5.19. The van der Waals surface area contributed by atoms with Crippen LogP contribution in [0.2, 0.25) is 0 Å². The van der Waals surface area contributed by atoms with E-state index < -0.39 is 0 Å². The summed E-state index contributed by atoms with van der Waals surface area (Å²) in [6.07, 6.45) is 5.18. The van der Waals surface area contributed by atoms with Gasteiger partial charge in [0.15, 0.2) is 5.96 Å². The molecule has 96 valence electrons. The third-order valence-electron chi connectivity index (χ3n) is 2.28. The Balaban J connectivity index is 2.65. The van der Waals surface area contributed by atoms with Crippen molar-refractivity contribution in [2.24, 2.45) is 4.99 Å². The normalized spacial score (nSPS) is 10.7. The lowest BCUT2D eigenvalue weighted by Crippen LogP contribution is -2.36. The first-order valence-corrected chi connectivity index (χ1v) is 6.21. The molecule has 0 saturated heterocycles. The van der Waals surface area contributed by atoms with Gasteiger partial charge in [-0.1, -0.05) is 21.9 Å². The Morgan fingerprint density at radius 1 is 1.50 bits per heavy atom. The number of rotatable bonds is 4. The lowest BCUT2D eigenvalue weighted by molar-refractivity contribution is 0.414. The molecule has 0 aromatic heterocycles. The van der Waals surface area contributed by atoms with Gasteiger partial charge in [0.1, 0.15) is 5.75 Å². The second-order valence-corrected chi connectivity index (χ2v) is 4.30. The average Bonchev–Trinajstić information content (AvgIpc) is 2.40. The lowest BCUT2D eigenvalue weighted by atomic mass is 10.2. The number of methoxy groups -OCH3 is 1. The molecule has 0 saturated carbocycles. The second-order valence-electron chi connectivity index (χ2n) is 3.44. The van der Waals surface area contributed by atoms with Gasteiger partial charge in [-0.3, -0.25) is 4.99 Å². The van der Waals surface area contributed by atoms with E-state index in [-0.39, 0.29) is 0 Å². The molecule has 0 unspecified atom stereocenters. The summed E-state index contributed by atoms with van der Waals surface area (Å²) in [4.78, 5) is 4.07. The van der Waals surface area contributed by atoms with Crippen LogP contribution < -0.4 is 15.4 Å². The third-order valence-corrected chi connectivity index (χ3v) is 3.05. The predicted octanol–water partition coefficient (Wildman–Crippen LogP) is 1.76. The number of ether oxygens (including phenoxy) is 1. The third kappa shape index (κ3) is 4.30. The molecular formula is C13H16BrN3O. The number of halogens is 1. The van der Waals surface area contributed by atoms with E-state index in [1.807, 2.05) is 18.2 Å². The molecule has 0 aliphatic rings. The standard InChI is InChI=1S/C13H16BrN3O/c1-4-7-16-13(15-2)17-9-10-8-11(18-3)5-6-12(10)14/h1,5-6,8H,7,9H2,2-3H3,(H2,15,16,17). The SMILES string of the molecule is C#CCNC(=NC)NCc1cc(OC)ccc1Br. The molecular weight excluding hydrogens is 294 g/mol. The fourth-order valence-electron chi connectivity index (χ4n) is 1.35. The molecule has 0 aliphatic heterocycles. The molecule has 2 N–H and O–H groups in total. The van der Waals surface area contributed by atoms with Crippen LogP contribution in [0.15, 0.2) is 27.7 Å². The minimum atomic E-state index is 0.443. The Bertz CT molecular complexity index is 466. The van der Waals surface area contributed by atoms with Gasteiger partial charge in [0.25, 0.3) is 0 Å². The molecule has 0 fully saturated rings. The van der Waals surface area contributed by atoms with Gasteiger partial charge in [-0.2, -0.15) is 0 Å². The Hall–Kier alpha value is -1.67. The first kappa shape index (κ1) is 14.4. The van der Waals surface area contributed by atoms with E-state index in [1.54, 1.807) is 14.2 Å². The molecule has 1 rings (SSSR count). The number of terminal acetylenes is 1. The summed E-state index contributed by atoms with van der Waals surface area (Å²) in [5.74, 6) is 3.99. The van der Waals surface area contributed by atoms with Crippen LogP contribution in [-0.2, 0) is 6.54 Å². The summed E-state index contributed by atoms with van der Waals surface area (Å²) < 4.78 is 6.20. The summed E-state index contributed by atoms with van der Waals surface area (Å²) in [7, 11) is 3.35. The minimum absolute atomic E-state index is 0.443. The zero-order valence-electron chi connectivity index (χ0n) is 10.5. The largest absolute Gasteiger partial charge is 0.497 e. The van der Waals surface area contributed by atoms with E-state index in [0.29, 0.717) is 19.0 Å². The highest BCUT2D eigenvalue weighted by Gasteiger charge is 2.03. The van der Waals surface area contributed by atoms with Crippen molar-refractivity contribution in [3.63, 3.8) is 0 Å². The van der Waals surface area contributed by atoms with Crippen molar-refractivity contribution < 1.29 is 4.74 Å². The average molecular weight is 310 g/mol. The smallest absolute Gasteiger partial charge is 0.192 e. The summed E-state index contributed by atoms with van der Waals surface area (Å²) in [5, 5.41) is 6.16. The van der Waals surface area contributed by atoms with E-state index in [0.717, 1.165) is 15.8 Å². The van der Waals surface area contributed by atoms with Gasteiger partial charge >= 0.3 is 0 Å². The number of aliphatic imine (C=N–C) groups is 1. The monoisotopic (exact) mass is 309 g/mol. The van der Waals surface area contributed by atoms with Gasteiger partial charge in [-0.05, 0) is 23.8 Å². The van der Waals surface area contributed by atoms with Crippen molar-refractivity contribution in [2.75, 3.05) is 20.7 Å². The van der Waals surface area contributed by atoms with Gasteiger partial charge in [0, 0.05) is 18.1 Å². The van der Waals surface area contributed by atoms with Crippen molar-refractivity contribution in [3.8, 4) is 18.1 Å². The molecule has 0 amide bonds. The van der Waals surface area contributed by atoms with E-state index in [1.165, 1.54) is 0 Å². The zero-order chi connectivity index (χ0) is 13.4. The Morgan fingerprint density at radius 2 is 2.28 bits per heavy atom. The molecule has 0 heterocycles. The van der Waals surface area contributed by atoms with Crippen LogP contribution in [0.25, 0.3) is 0 Å². The highest BCUT2D eigenvalue weighted by atomic mass is 79.9. The molecule has 0 aliphatic carbocycles. The van der Waals surface area contributed by atoms with Crippen LogP contribution >= 0.6 is 15.9 Å². The fraction of sp³-hybridized carbons (Fsp3) is 0.308. The van der Waals surface area contributed by atoms with Crippen molar-refractivity contribution in [1.82, 2.24) is 10.6 Å². The first-order chi connectivity index (χ1) is 8.71. The molecule has 1 aromatic rings. The Morgan fingerprint density at radius 3 is 2.89 bits per heavy atom. The number of benzene rings is 1. The Labute approximate surface area is 116 Å². The summed E-state index contributed by atoms with van der Waals surface area (Å²) in [5.41, 5.74) is 1.08. The second kappa shape index (κ2) is 7.62. The molecule has 5 heteroatoms. The first-order valence-electron chi connectivity index (χ1n) is 5.41. The highest BCUT2D eigenvalue weighted by Crippen LogP contribution is 2.22. The van der Waals surface area contributed by atoms with Gasteiger partial charge in [-0.15, -0.1) is 6.42 Å². The number of nitrogens with one attached hydrogen (secondary N) is 2. The number of hydrogen-bond donors (Lipinski definition) is 2. The quantitative estimate of drug-likeness (QED) is 0.506. The number of nitrogens with zero attached hydrogens (tertiary/aromatic N) is 1. The summed E-state index contributed by atoms with van der Waals surface area (Å²) >= 11 is 3.50. The fourth-order valence-corrected chi connectivity index (χ4v) is 1.73. The predicted molar refractivity (Wildman–Crippen MR) is 77.7 cm³/mol. The van der Waals surface area contributed by atoms with Crippen molar-refractivity contribution in [2.45, 2.75) is 6.54 Å². The van der Waals surface area contributed by atoms with Gasteiger partial charge in [0.05, 0.1) is 13.7 Å². The summed E-state index contributed by atoms with van der Waals surface area (Å²) in [6, 6.07) is 5.82. The number of hydrogen-bond acceptors (Lipinski definition) is 2. The number of guanidine groups is 1. The minimum Gasteiger partial charge on any atom is -0.497 e. The van der Waals surface area contributed by atoms with Gasteiger partial charge < -0.3 is 15.4 Å². The van der Waals surface area contributed by atoms with Crippen LogP contribution in [0.1, 0.15) is 5.56 Å². The molecule has 0 spiro atoms.